The van der Waals surface area contributed by atoms with Gasteiger partial charge in [-0.25, -0.2) is 13.6 Å². The number of carbonyl (C=O) groups is 1. The summed E-state index contributed by atoms with van der Waals surface area (Å²) in [5.41, 5.74) is 10.9. The SMILES string of the molecule is N[C@@H](CCS)C(=O)O.Nc1ccc(S(N)(=O)=O)cc1. The van der Waals surface area contributed by atoms with Gasteiger partial charge in [-0.15, -0.1) is 0 Å². The minimum absolute atomic E-state index is 0.0756. The summed E-state index contributed by atoms with van der Waals surface area (Å²) in [6.45, 7) is 0. The van der Waals surface area contributed by atoms with E-state index < -0.39 is 22.0 Å². The summed E-state index contributed by atoms with van der Waals surface area (Å²) in [6.07, 6.45) is 0.429. The van der Waals surface area contributed by atoms with E-state index in [1.54, 1.807) is 0 Å². The molecule has 0 aliphatic carbocycles. The first-order chi connectivity index (χ1) is 8.68. The fourth-order valence-corrected chi connectivity index (χ4v) is 1.71. The molecule has 1 aromatic rings. The molecule has 0 saturated carbocycles. The van der Waals surface area contributed by atoms with E-state index in [4.69, 9.17) is 21.7 Å². The second-order valence-corrected chi connectivity index (χ2v) is 5.58. The molecule has 0 radical (unpaired) electrons. The molecule has 7 nitrogen and oxygen atoms in total. The van der Waals surface area contributed by atoms with Gasteiger partial charge in [-0.2, -0.15) is 12.6 Å². The topological polar surface area (TPSA) is 150 Å². The summed E-state index contributed by atoms with van der Waals surface area (Å²) < 4.78 is 21.4. The molecule has 0 amide bonds. The molecule has 0 heterocycles. The summed E-state index contributed by atoms with van der Waals surface area (Å²) in [4.78, 5) is 10.0. The zero-order valence-electron chi connectivity index (χ0n) is 10.1. The number of benzene rings is 1. The Bertz CT molecular complexity index is 502. The van der Waals surface area contributed by atoms with E-state index in [2.05, 4.69) is 12.6 Å². The van der Waals surface area contributed by atoms with E-state index in [9.17, 15) is 13.2 Å². The number of carboxylic acid groups (broad SMARTS) is 1. The van der Waals surface area contributed by atoms with Gasteiger partial charge in [0.25, 0.3) is 0 Å². The summed E-state index contributed by atoms with van der Waals surface area (Å²) in [6, 6.07) is 4.96. The highest BCUT2D eigenvalue weighted by Gasteiger charge is 2.08. The van der Waals surface area contributed by atoms with Crippen LogP contribution in [-0.2, 0) is 14.8 Å². The lowest BCUT2D eigenvalue weighted by Gasteiger charge is -2.00. The van der Waals surface area contributed by atoms with Gasteiger partial charge in [0.05, 0.1) is 4.90 Å². The maximum Gasteiger partial charge on any atom is 0.320 e. The summed E-state index contributed by atoms with van der Waals surface area (Å²) >= 11 is 3.81. The van der Waals surface area contributed by atoms with E-state index in [0.717, 1.165) is 0 Å². The largest absolute Gasteiger partial charge is 0.480 e. The summed E-state index contributed by atoms with van der Waals surface area (Å²) in [7, 11) is -3.58. The normalized spacial score (nSPS) is 12.2. The second kappa shape index (κ2) is 8.00. The lowest BCUT2D eigenvalue weighted by molar-refractivity contribution is -0.138. The Labute approximate surface area is 117 Å². The van der Waals surface area contributed by atoms with E-state index in [1.165, 1.54) is 24.3 Å². The van der Waals surface area contributed by atoms with Gasteiger partial charge in [-0.3, -0.25) is 4.79 Å². The smallest absolute Gasteiger partial charge is 0.320 e. The van der Waals surface area contributed by atoms with Crippen LogP contribution in [0.25, 0.3) is 0 Å². The fourth-order valence-electron chi connectivity index (χ4n) is 0.920. The Morgan fingerprint density at radius 2 is 1.79 bits per heavy atom. The minimum Gasteiger partial charge on any atom is -0.480 e. The highest BCUT2D eigenvalue weighted by molar-refractivity contribution is 7.89. The van der Waals surface area contributed by atoms with Crippen molar-refractivity contribution < 1.29 is 18.3 Å². The van der Waals surface area contributed by atoms with Gasteiger partial charge in [-0.1, -0.05) is 0 Å². The third-order valence-electron chi connectivity index (χ3n) is 1.97. The minimum atomic E-state index is -3.58. The van der Waals surface area contributed by atoms with Crippen LogP contribution in [0.15, 0.2) is 29.2 Å². The molecule has 108 valence electrons. The van der Waals surface area contributed by atoms with Gasteiger partial charge in [0.1, 0.15) is 6.04 Å². The molecule has 0 aromatic heterocycles. The number of nitrogens with two attached hydrogens (primary N) is 3. The first kappa shape index (κ1) is 17.7. The van der Waals surface area contributed by atoms with Crippen molar-refractivity contribution in [1.82, 2.24) is 0 Å². The van der Waals surface area contributed by atoms with Crippen molar-refractivity contribution in [2.24, 2.45) is 10.9 Å². The Hall–Kier alpha value is -1.29. The number of primary sulfonamides is 1. The molecule has 0 aliphatic rings. The molecule has 9 heteroatoms. The zero-order valence-corrected chi connectivity index (χ0v) is 11.8. The van der Waals surface area contributed by atoms with E-state index in [0.29, 0.717) is 17.9 Å². The van der Waals surface area contributed by atoms with Crippen LogP contribution in [0.2, 0.25) is 0 Å². The van der Waals surface area contributed by atoms with Crippen molar-refractivity contribution in [2.45, 2.75) is 17.4 Å². The molecular weight excluding hydrogens is 290 g/mol. The van der Waals surface area contributed by atoms with Gasteiger partial charge in [0.2, 0.25) is 10.0 Å². The molecule has 0 saturated heterocycles. The number of hydrogen-bond donors (Lipinski definition) is 5. The lowest BCUT2D eigenvalue weighted by Crippen LogP contribution is -2.30. The molecule has 19 heavy (non-hydrogen) atoms. The van der Waals surface area contributed by atoms with Crippen LogP contribution in [0.1, 0.15) is 6.42 Å². The third-order valence-corrected chi connectivity index (χ3v) is 3.15. The molecular formula is C10H17N3O4S2. The van der Waals surface area contributed by atoms with Crippen LogP contribution in [0.5, 0.6) is 0 Å². The standard InChI is InChI=1S/C6H8N2O2S.C4H9NO2S/c7-5-1-3-6(4-2-5)11(8,9)10;5-3(1-2-8)4(6)7/h1-4H,7H2,(H2,8,9,10);3,8H,1-2,5H2,(H,6,7)/t;3-/m.0/s1. The quantitative estimate of drug-likeness (QED) is 0.378. The van der Waals surface area contributed by atoms with Gasteiger partial charge >= 0.3 is 5.97 Å². The van der Waals surface area contributed by atoms with E-state index in [1.807, 2.05) is 0 Å². The summed E-state index contributed by atoms with van der Waals surface area (Å²) in [5, 5.41) is 13.0. The molecule has 7 N–H and O–H groups in total. The molecule has 1 rings (SSSR count). The Balaban J connectivity index is 0.000000362. The van der Waals surface area contributed by atoms with Crippen LogP contribution in [0.3, 0.4) is 0 Å². The summed E-state index contributed by atoms with van der Waals surface area (Å²) in [5.74, 6) is -0.438. The third kappa shape index (κ3) is 7.67. The highest BCUT2D eigenvalue weighted by atomic mass is 32.2. The van der Waals surface area contributed by atoms with Gasteiger partial charge in [-0.05, 0) is 36.4 Å². The number of thiol groups is 1. The van der Waals surface area contributed by atoms with Gasteiger partial charge < -0.3 is 16.6 Å². The molecule has 0 spiro atoms. The van der Waals surface area contributed by atoms with Crippen LogP contribution in [0, 0.1) is 0 Å². The number of rotatable bonds is 4. The van der Waals surface area contributed by atoms with Crippen molar-refractivity contribution in [3.63, 3.8) is 0 Å². The van der Waals surface area contributed by atoms with Crippen molar-refractivity contribution in [3.05, 3.63) is 24.3 Å². The average Bonchev–Trinajstić information content (AvgIpc) is 2.29. The van der Waals surface area contributed by atoms with Crippen molar-refractivity contribution in [1.29, 1.82) is 0 Å². The molecule has 0 bridgehead atoms. The van der Waals surface area contributed by atoms with Crippen LogP contribution >= 0.6 is 12.6 Å². The first-order valence-corrected chi connectivity index (χ1v) is 7.34. The number of hydrogen-bond acceptors (Lipinski definition) is 6. The first-order valence-electron chi connectivity index (χ1n) is 5.16. The van der Waals surface area contributed by atoms with E-state index in [-0.39, 0.29) is 4.90 Å². The number of aliphatic carboxylic acids is 1. The zero-order chi connectivity index (χ0) is 15.1. The molecule has 0 fully saturated rings. The molecule has 0 aliphatic heterocycles. The number of carboxylic acids is 1. The van der Waals surface area contributed by atoms with Crippen molar-refractivity contribution >= 4 is 34.3 Å². The predicted octanol–water partition coefficient (Wildman–Crippen LogP) is -0.366. The second-order valence-electron chi connectivity index (χ2n) is 3.57. The van der Waals surface area contributed by atoms with Gasteiger partial charge in [0.15, 0.2) is 0 Å². The lowest BCUT2D eigenvalue weighted by atomic mass is 10.2. The number of sulfonamides is 1. The average molecular weight is 307 g/mol. The van der Waals surface area contributed by atoms with E-state index >= 15 is 0 Å². The van der Waals surface area contributed by atoms with Crippen LogP contribution in [0.4, 0.5) is 5.69 Å². The monoisotopic (exact) mass is 307 g/mol. The van der Waals surface area contributed by atoms with Crippen molar-refractivity contribution in [3.8, 4) is 0 Å². The van der Waals surface area contributed by atoms with Crippen LogP contribution < -0.4 is 16.6 Å². The Morgan fingerprint density at radius 1 is 1.32 bits per heavy atom. The van der Waals surface area contributed by atoms with Crippen molar-refractivity contribution in [2.75, 3.05) is 11.5 Å². The van der Waals surface area contributed by atoms with Crippen LogP contribution in [-0.4, -0.2) is 31.3 Å². The Morgan fingerprint density at radius 3 is 2.05 bits per heavy atom. The maximum absolute atomic E-state index is 10.7. The van der Waals surface area contributed by atoms with Gasteiger partial charge in [0, 0.05) is 5.69 Å². The number of nitrogen functional groups attached to an aromatic ring is 1. The predicted molar refractivity (Wildman–Crippen MR) is 76.3 cm³/mol. The fraction of sp³-hybridized carbons (Fsp3) is 0.300. The molecule has 1 atom stereocenters. The Kier molecular flexibility index (Phi) is 7.45. The highest BCUT2D eigenvalue weighted by Crippen LogP contribution is 2.08. The molecule has 1 aromatic carbocycles. The maximum atomic E-state index is 10.7. The number of anilines is 1. The molecule has 0 unspecified atom stereocenters.